The maximum atomic E-state index is 11.8. The molecule has 3 heteroatoms. The molecule has 2 atom stereocenters. The quantitative estimate of drug-likeness (QED) is 0.737. The number of fused-ring (bicyclic) bond motifs is 2. The van der Waals surface area contributed by atoms with Crippen molar-refractivity contribution in [2.75, 3.05) is 6.26 Å². The molecule has 19 heavy (non-hydrogen) atoms. The van der Waals surface area contributed by atoms with Crippen molar-refractivity contribution in [2.24, 2.45) is 17.8 Å². The third-order valence-corrected chi connectivity index (χ3v) is 6.18. The lowest BCUT2D eigenvalue weighted by Crippen LogP contribution is -2.56. The average Bonchev–Trinajstić information content (AvgIpc) is 2.39. The topological polar surface area (TPSA) is 34.1 Å². The molecule has 0 radical (unpaired) electrons. The third kappa shape index (κ3) is 2.30. The van der Waals surface area contributed by atoms with Crippen LogP contribution in [-0.2, 0) is 9.84 Å². The van der Waals surface area contributed by atoms with Crippen LogP contribution in [0.15, 0.2) is 30.3 Å². The molecule has 2 saturated carbocycles. The zero-order valence-electron chi connectivity index (χ0n) is 11.0. The third-order valence-electron chi connectivity index (χ3n) is 4.49. The second kappa shape index (κ2) is 4.68. The van der Waals surface area contributed by atoms with Gasteiger partial charge in [0.25, 0.3) is 0 Å². The fourth-order valence-electron chi connectivity index (χ4n) is 3.71. The van der Waals surface area contributed by atoms with Crippen molar-refractivity contribution in [1.82, 2.24) is 0 Å². The van der Waals surface area contributed by atoms with Gasteiger partial charge in [0.05, 0.1) is 5.25 Å². The highest BCUT2D eigenvalue weighted by atomic mass is 32.2. The first-order chi connectivity index (χ1) is 9.07. The molecule has 0 aliphatic heterocycles. The summed E-state index contributed by atoms with van der Waals surface area (Å²) in [5.41, 5.74) is 1.02. The van der Waals surface area contributed by atoms with E-state index < -0.39 is 9.84 Å². The Morgan fingerprint density at radius 1 is 1.11 bits per heavy atom. The summed E-state index contributed by atoms with van der Waals surface area (Å²) in [7, 11) is -2.91. The molecular weight excluding hydrogens is 256 g/mol. The van der Waals surface area contributed by atoms with Crippen molar-refractivity contribution in [3.63, 3.8) is 0 Å². The number of hydrogen-bond acceptors (Lipinski definition) is 2. The highest BCUT2D eigenvalue weighted by molar-refractivity contribution is 7.91. The van der Waals surface area contributed by atoms with E-state index in [1.54, 1.807) is 0 Å². The zero-order chi connectivity index (χ0) is 13.5. The molecule has 3 rings (SSSR count). The van der Waals surface area contributed by atoms with Gasteiger partial charge in [-0.15, -0.1) is 0 Å². The van der Waals surface area contributed by atoms with E-state index in [9.17, 15) is 8.42 Å². The molecule has 0 heterocycles. The molecule has 0 spiro atoms. The number of benzene rings is 1. The molecule has 1 aromatic carbocycles. The summed E-state index contributed by atoms with van der Waals surface area (Å²) in [6.45, 7) is 0. The lowest BCUT2D eigenvalue weighted by atomic mass is 9.57. The van der Waals surface area contributed by atoms with Crippen LogP contribution in [-0.4, -0.2) is 19.9 Å². The Morgan fingerprint density at radius 2 is 1.74 bits per heavy atom. The first-order valence-corrected chi connectivity index (χ1v) is 8.78. The molecule has 0 saturated heterocycles. The molecule has 0 amide bonds. The fourth-order valence-corrected chi connectivity index (χ4v) is 5.59. The summed E-state index contributed by atoms with van der Waals surface area (Å²) in [5.74, 6) is 7.35. The van der Waals surface area contributed by atoms with Gasteiger partial charge >= 0.3 is 0 Å². The lowest BCUT2D eigenvalue weighted by Gasteiger charge is -2.53. The minimum atomic E-state index is -2.91. The Morgan fingerprint density at radius 3 is 2.32 bits per heavy atom. The maximum Gasteiger partial charge on any atom is 0.150 e. The van der Waals surface area contributed by atoms with E-state index in [4.69, 9.17) is 0 Å². The van der Waals surface area contributed by atoms with Crippen LogP contribution in [0.25, 0.3) is 0 Å². The van der Waals surface area contributed by atoms with Crippen LogP contribution in [0.2, 0.25) is 0 Å². The lowest BCUT2D eigenvalue weighted by molar-refractivity contribution is 0.0633. The minimum absolute atomic E-state index is 0.128. The summed E-state index contributed by atoms with van der Waals surface area (Å²) in [6.07, 6.45) is 4.57. The molecule has 100 valence electrons. The Kier molecular flexibility index (Phi) is 3.14. The average molecular weight is 274 g/mol. The molecule has 2 unspecified atom stereocenters. The molecule has 2 fully saturated rings. The second-order valence-electron chi connectivity index (χ2n) is 5.71. The van der Waals surface area contributed by atoms with Crippen molar-refractivity contribution < 1.29 is 8.42 Å². The van der Waals surface area contributed by atoms with Crippen molar-refractivity contribution in [1.29, 1.82) is 0 Å². The Hall–Kier alpha value is -1.27. The van der Waals surface area contributed by atoms with E-state index in [2.05, 4.69) is 11.8 Å². The Bertz CT molecular complexity index is 610. The van der Waals surface area contributed by atoms with Crippen LogP contribution in [0.1, 0.15) is 24.8 Å². The van der Waals surface area contributed by atoms with Crippen LogP contribution in [0.3, 0.4) is 0 Å². The molecule has 2 bridgehead atoms. The maximum absolute atomic E-state index is 11.8. The van der Waals surface area contributed by atoms with Crippen LogP contribution in [0.4, 0.5) is 0 Å². The molecule has 0 aromatic heterocycles. The van der Waals surface area contributed by atoms with Gasteiger partial charge in [0, 0.05) is 17.7 Å². The van der Waals surface area contributed by atoms with Gasteiger partial charge in [0.15, 0.2) is 9.84 Å². The summed E-state index contributed by atoms with van der Waals surface area (Å²) in [4.78, 5) is 0. The first kappa shape index (κ1) is 12.7. The van der Waals surface area contributed by atoms with Gasteiger partial charge in [-0.3, -0.25) is 0 Å². The first-order valence-electron chi connectivity index (χ1n) is 6.83. The normalized spacial score (nSPS) is 32.9. The highest BCUT2D eigenvalue weighted by Gasteiger charge is 2.56. The molecule has 2 aliphatic carbocycles. The predicted molar refractivity (Wildman–Crippen MR) is 76.3 cm³/mol. The van der Waals surface area contributed by atoms with E-state index in [1.165, 1.54) is 6.26 Å². The smallest absolute Gasteiger partial charge is 0.150 e. The molecule has 0 N–H and O–H groups in total. The van der Waals surface area contributed by atoms with E-state index >= 15 is 0 Å². The molecular formula is C16H18O2S. The van der Waals surface area contributed by atoms with E-state index in [-0.39, 0.29) is 23.0 Å². The standard InChI is InChI=1S/C16H18O2S/c1-19(17,18)16-14-8-5-9-15(16)13(14)11-10-12-6-3-2-4-7-12/h2-4,6-7,13-16H,5,8-9H2,1H3. The highest BCUT2D eigenvalue weighted by Crippen LogP contribution is 2.53. The predicted octanol–water partition coefficient (Wildman–Crippen LogP) is 2.50. The summed E-state index contributed by atoms with van der Waals surface area (Å²) >= 11 is 0. The number of rotatable bonds is 1. The summed E-state index contributed by atoms with van der Waals surface area (Å²) < 4.78 is 23.6. The van der Waals surface area contributed by atoms with Gasteiger partial charge < -0.3 is 0 Å². The van der Waals surface area contributed by atoms with Crippen LogP contribution >= 0.6 is 0 Å². The largest absolute Gasteiger partial charge is 0.229 e. The van der Waals surface area contributed by atoms with Crippen LogP contribution in [0.5, 0.6) is 0 Å². The number of sulfone groups is 1. The van der Waals surface area contributed by atoms with Crippen LogP contribution in [0, 0.1) is 29.6 Å². The molecule has 1 aromatic rings. The SMILES string of the molecule is CS(=O)(=O)C1C2CCCC1C2C#Cc1ccccc1. The monoisotopic (exact) mass is 274 g/mol. The van der Waals surface area contributed by atoms with Gasteiger partial charge in [0.2, 0.25) is 0 Å². The zero-order valence-corrected chi connectivity index (χ0v) is 11.9. The van der Waals surface area contributed by atoms with Gasteiger partial charge in [-0.25, -0.2) is 8.42 Å². The molecule has 2 nitrogen and oxygen atoms in total. The Balaban J connectivity index is 1.80. The van der Waals surface area contributed by atoms with E-state index in [0.717, 1.165) is 24.8 Å². The Labute approximate surface area is 115 Å². The van der Waals surface area contributed by atoms with Gasteiger partial charge in [-0.1, -0.05) is 36.5 Å². The van der Waals surface area contributed by atoms with E-state index in [1.807, 2.05) is 30.3 Å². The van der Waals surface area contributed by atoms with Crippen molar-refractivity contribution in [2.45, 2.75) is 24.5 Å². The fraction of sp³-hybridized carbons (Fsp3) is 0.500. The van der Waals surface area contributed by atoms with Gasteiger partial charge in [0.1, 0.15) is 0 Å². The minimum Gasteiger partial charge on any atom is -0.229 e. The summed E-state index contributed by atoms with van der Waals surface area (Å²) in [5, 5.41) is -0.128. The molecule has 2 aliphatic rings. The van der Waals surface area contributed by atoms with Crippen molar-refractivity contribution >= 4 is 9.84 Å². The van der Waals surface area contributed by atoms with Gasteiger partial charge in [-0.05, 0) is 36.8 Å². The second-order valence-corrected chi connectivity index (χ2v) is 7.92. The number of hydrogen-bond donors (Lipinski definition) is 0. The van der Waals surface area contributed by atoms with Crippen LogP contribution < -0.4 is 0 Å². The van der Waals surface area contributed by atoms with Gasteiger partial charge in [-0.2, -0.15) is 0 Å². The van der Waals surface area contributed by atoms with E-state index in [0.29, 0.717) is 0 Å². The van der Waals surface area contributed by atoms with Crippen molar-refractivity contribution in [3.8, 4) is 11.8 Å². The summed E-state index contributed by atoms with van der Waals surface area (Å²) in [6, 6.07) is 9.92. The van der Waals surface area contributed by atoms with Crippen molar-refractivity contribution in [3.05, 3.63) is 35.9 Å².